The molecule has 1 unspecified atom stereocenters. The first-order valence-electron chi connectivity index (χ1n) is 6.64. The molecule has 0 spiro atoms. The number of ether oxygens (including phenoxy) is 1. The van der Waals surface area contributed by atoms with Gasteiger partial charge in [0.05, 0.1) is 24.3 Å². The van der Waals surface area contributed by atoms with E-state index in [1.165, 1.54) is 0 Å². The molecule has 1 atom stereocenters. The van der Waals surface area contributed by atoms with Crippen LogP contribution in [-0.4, -0.2) is 27.7 Å². The van der Waals surface area contributed by atoms with Crippen molar-refractivity contribution in [3.8, 4) is 0 Å². The van der Waals surface area contributed by atoms with Gasteiger partial charge < -0.3 is 4.74 Å². The Morgan fingerprint density at radius 3 is 2.78 bits per heavy atom. The normalized spacial score (nSPS) is 13.3. The van der Waals surface area contributed by atoms with Gasteiger partial charge in [0.15, 0.2) is 0 Å². The molecule has 2 rings (SSSR count). The summed E-state index contributed by atoms with van der Waals surface area (Å²) in [5.41, 5.74) is 2.03. The van der Waals surface area contributed by atoms with Gasteiger partial charge in [-0.25, -0.2) is 4.68 Å². The fourth-order valence-electron chi connectivity index (χ4n) is 2.07. The molecule has 1 heterocycles. The molecule has 0 aliphatic rings. The molecular formula is C14H21N3O. The number of aromatic nitrogens is 3. The zero-order valence-corrected chi connectivity index (χ0v) is 11.3. The summed E-state index contributed by atoms with van der Waals surface area (Å²) in [5, 5.41) is 8.49. The van der Waals surface area contributed by atoms with Crippen LogP contribution in [0.1, 0.15) is 39.7 Å². The molecule has 0 radical (unpaired) electrons. The van der Waals surface area contributed by atoms with Crippen molar-refractivity contribution in [2.75, 3.05) is 6.61 Å². The van der Waals surface area contributed by atoms with Crippen LogP contribution in [0.5, 0.6) is 0 Å². The van der Waals surface area contributed by atoms with Crippen molar-refractivity contribution in [2.45, 2.75) is 45.8 Å². The predicted octanol–water partition coefficient (Wildman–Crippen LogP) is 3.20. The second-order valence-corrected chi connectivity index (χ2v) is 4.85. The maximum Gasteiger partial charge on any atom is 0.113 e. The van der Waals surface area contributed by atoms with Crippen LogP contribution in [0.25, 0.3) is 11.0 Å². The van der Waals surface area contributed by atoms with Gasteiger partial charge in [0, 0.05) is 0 Å². The first-order valence-corrected chi connectivity index (χ1v) is 6.64. The van der Waals surface area contributed by atoms with Crippen molar-refractivity contribution in [1.29, 1.82) is 0 Å². The van der Waals surface area contributed by atoms with Crippen LogP contribution in [0.15, 0.2) is 24.3 Å². The van der Waals surface area contributed by atoms with E-state index in [-0.39, 0.29) is 12.1 Å². The monoisotopic (exact) mass is 247 g/mol. The van der Waals surface area contributed by atoms with E-state index >= 15 is 0 Å². The highest BCUT2D eigenvalue weighted by Crippen LogP contribution is 2.20. The van der Waals surface area contributed by atoms with Crippen LogP contribution in [0, 0.1) is 0 Å². The van der Waals surface area contributed by atoms with Crippen molar-refractivity contribution in [3.63, 3.8) is 0 Å². The highest BCUT2D eigenvalue weighted by atomic mass is 16.5. The van der Waals surface area contributed by atoms with Gasteiger partial charge in [0.2, 0.25) is 0 Å². The summed E-state index contributed by atoms with van der Waals surface area (Å²) in [5.74, 6) is 0. The summed E-state index contributed by atoms with van der Waals surface area (Å²) in [6.07, 6.45) is 2.42. The third-order valence-corrected chi connectivity index (χ3v) is 2.97. The Balaban J connectivity index is 2.24. The molecule has 0 amide bonds. The SMILES string of the molecule is CCCC(COC(C)C)n1nnc2ccccc21. The van der Waals surface area contributed by atoms with Crippen molar-refractivity contribution in [1.82, 2.24) is 15.0 Å². The predicted molar refractivity (Wildman–Crippen MR) is 72.6 cm³/mol. The highest BCUT2D eigenvalue weighted by molar-refractivity contribution is 5.73. The van der Waals surface area contributed by atoms with Gasteiger partial charge >= 0.3 is 0 Å². The molecule has 1 aromatic heterocycles. The molecule has 4 heteroatoms. The lowest BCUT2D eigenvalue weighted by atomic mass is 10.1. The van der Waals surface area contributed by atoms with Crippen molar-refractivity contribution in [3.05, 3.63) is 24.3 Å². The van der Waals surface area contributed by atoms with Crippen LogP contribution in [0.2, 0.25) is 0 Å². The molecule has 0 N–H and O–H groups in total. The van der Waals surface area contributed by atoms with Crippen LogP contribution >= 0.6 is 0 Å². The number of para-hydroxylation sites is 1. The second kappa shape index (κ2) is 5.96. The molecule has 4 nitrogen and oxygen atoms in total. The van der Waals surface area contributed by atoms with E-state index in [1.54, 1.807) is 0 Å². The second-order valence-electron chi connectivity index (χ2n) is 4.85. The Morgan fingerprint density at radius 1 is 1.28 bits per heavy atom. The average molecular weight is 247 g/mol. The lowest BCUT2D eigenvalue weighted by molar-refractivity contribution is 0.0494. The molecule has 0 bridgehead atoms. The topological polar surface area (TPSA) is 39.9 Å². The van der Waals surface area contributed by atoms with E-state index in [0.29, 0.717) is 6.61 Å². The van der Waals surface area contributed by atoms with Crippen LogP contribution in [0.4, 0.5) is 0 Å². The highest BCUT2D eigenvalue weighted by Gasteiger charge is 2.15. The zero-order chi connectivity index (χ0) is 13.0. The Kier molecular flexibility index (Phi) is 4.31. The van der Waals surface area contributed by atoms with Crippen LogP contribution < -0.4 is 0 Å². The number of hydrogen-bond acceptors (Lipinski definition) is 3. The quantitative estimate of drug-likeness (QED) is 0.787. The number of benzene rings is 1. The Bertz CT molecular complexity index is 492. The molecule has 0 aliphatic heterocycles. The van der Waals surface area contributed by atoms with E-state index in [2.05, 4.69) is 37.1 Å². The Labute approximate surface area is 108 Å². The van der Waals surface area contributed by atoms with Crippen molar-refractivity contribution >= 4 is 11.0 Å². The third kappa shape index (κ3) is 2.88. The van der Waals surface area contributed by atoms with Crippen LogP contribution in [-0.2, 0) is 4.74 Å². The lowest BCUT2D eigenvalue weighted by Crippen LogP contribution is -2.19. The largest absolute Gasteiger partial charge is 0.377 e. The van der Waals surface area contributed by atoms with Gasteiger partial charge in [0.1, 0.15) is 5.52 Å². The minimum Gasteiger partial charge on any atom is -0.377 e. The average Bonchev–Trinajstić information content (AvgIpc) is 2.78. The van der Waals surface area contributed by atoms with Gasteiger partial charge in [-0.1, -0.05) is 30.7 Å². The number of nitrogens with zero attached hydrogens (tertiary/aromatic N) is 3. The summed E-state index contributed by atoms with van der Waals surface area (Å²) in [4.78, 5) is 0. The minimum atomic E-state index is 0.249. The van der Waals surface area contributed by atoms with Crippen LogP contribution in [0.3, 0.4) is 0 Å². The third-order valence-electron chi connectivity index (χ3n) is 2.97. The van der Waals surface area contributed by atoms with Gasteiger partial charge in [0.25, 0.3) is 0 Å². The fourth-order valence-corrected chi connectivity index (χ4v) is 2.07. The number of fused-ring (bicyclic) bond motifs is 1. The van der Waals surface area contributed by atoms with E-state index in [9.17, 15) is 0 Å². The summed E-state index contributed by atoms with van der Waals surface area (Å²) in [6, 6.07) is 8.33. The zero-order valence-electron chi connectivity index (χ0n) is 11.3. The number of rotatable bonds is 6. The summed E-state index contributed by atoms with van der Waals surface area (Å²) in [7, 11) is 0. The molecule has 18 heavy (non-hydrogen) atoms. The maximum absolute atomic E-state index is 5.74. The lowest BCUT2D eigenvalue weighted by Gasteiger charge is -2.18. The molecule has 98 valence electrons. The molecule has 1 aromatic carbocycles. The molecule has 0 fully saturated rings. The van der Waals surface area contributed by atoms with Gasteiger partial charge in [-0.3, -0.25) is 0 Å². The summed E-state index contributed by atoms with van der Waals surface area (Å²) >= 11 is 0. The van der Waals surface area contributed by atoms with Gasteiger partial charge in [-0.15, -0.1) is 5.10 Å². The first kappa shape index (κ1) is 13.0. The van der Waals surface area contributed by atoms with E-state index in [0.717, 1.165) is 23.9 Å². The number of hydrogen-bond donors (Lipinski definition) is 0. The molecular weight excluding hydrogens is 226 g/mol. The smallest absolute Gasteiger partial charge is 0.113 e. The summed E-state index contributed by atoms with van der Waals surface area (Å²) in [6.45, 7) is 6.99. The molecule has 0 aliphatic carbocycles. The molecule has 0 saturated heterocycles. The molecule has 2 aromatic rings. The van der Waals surface area contributed by atoms with Crippen molar-refractivity contribution in [2.24, 2.45) is 0 Å². The fraction of sp³-hybridized carbons (Fsp3) is 0.571. The van der Waals surface area contributed by atoms with Gasteiger partial charge in [-0.05, 0) is 32.4 Å². The first-order chi connectivity index (χ1) is 8.72. The van der Waals surface area contributed by atoms with Gasteiger partial charge in [-0.2, -0.15) is 0 Å². The maximum atomic E-state index is 5.74. The van der Waals surface area contributed by atoms with E-state index in [4.69, 9.17) is 4.74 Å². The molecule has 0 saturated carbocycles. The Morgan fingerprint density at radius 2 is 2.06 bits per heavy atom. The standard InChI is InChI=1S/C14H21N3O/c1-4-7-12(10-18-11(2)3)17-14-9-6-5-8-13(14)15-16-17/h5-6,8-9,11-12H,4,7,10H2,1-3H3. The Hall–Kier alpha value is -1.42. The minimum absolute atomic E-state index is 0.249. The summed E-state index contributed by atoms with van der Waals surface area (Å²) < 4.78 is 7.74. The van der Waals surface area contributed by atoms with E-state index in [1.807, 2.05) is 22.9 Å². The van der Waals surface area contributed by atoms with Crippen molar-refractivity contribution < 1.29 is 4.74 Å². The van der Waals surface area contributed by atoms with E-state index < -0.39 is 0 Å².